The third-order valence-electron chi connectivity index (χ3n) is 1.21. The first kappa shape index (κ1) is 8.90. The van der Waals surface area contributed by atoms with Crippen LogP contribution in [0, 0.1) is 5.92 Å². The Morgan fingerprint density at radius 2 is 1.70 bits per heavy atom. The predicted molar refractivity (Wildman–Crippen MR) is 32.4 cm³/mol. The third kappa shape index (κ3) is 2.02. The van der Waals surface area contributed by atoms with E-state index in [0.717, 1.165) is 0 Å². The van der Waals surface area contributed by atoms with E-state index in [-0.39, 0.29) is 0 Å². The summed E-state index contributed by atoms with van der Waals surface area (Å²) >= 11 is 0. The molecule has 5 nitrogen and oxygen atoms in total. The molecule has 0 aromatic carbocycles. The summed E-state index contributed by atoms with van der Waals surface area (Å²) in [5.74, 6) is -3.54. The van der Waals surface area contributed by atoms with Gasteiger partial charge in [-0.1, -0.05) is 0 Å². The van der Waals surface area contributed by atoms with Crippen molar-refractivity contribution in [2.75, 3.05) is 0 Å². The molecule has 0 heterocycles. The number of aliphatic carboxylic acids is 2. The van der Waals surface area contributed by atoms with Crippen LogP contribution in [0.25, 0.3) is 0 Å². The lowest BCUT2D eigenvalue weighted by molar-refractivity contribution is -0.149. The molecule has 0 saturated heterocycles. The smallest absolute Gasteiger partial charge is 0.321 e. The monoisotopic (exact) mass is 147 g/mol. The summed E-state index contributed by atoms with van der Waals surface area (Å²) in [5.41, 5.74) is 4.98. The van der Waals surface area contributed by atoms with Crippen molar-refractivity contribution in [1.82, 2.24) is 0 Å². The van der Waals surface area contributed by atoms with Crippen molar-refractivity contribution in [3.63, 3.8) is 0 Å². The largest absolute Gasteiger partial charge is 0.481 e. The molecule has 0 amide bonds. The van der Waals surface area contributed by atoms with Gasteiger partial charge >= 0.3 is 11.9 Å². The molecule has 0 aromatic rings. The zero-order valence-electron chi connectivity index (χ0n) is 5.44. The van der Waals surface area contributed by atoms with Crippen molar-refractivity contribution >= 4 is 11.9 Å². The van der Waals surface area contributed by atoms with Gasteiger partial charge < -0.3 is 15.9 Å². The molecule has 4 N–H and O–H groups in total. The van der Waals surface area contributed by atoms with Gasteiger partial charge in [-0.05, 0) is 6.92 Å². The lowest BCUT2D eigenvalue weighted by Gasteiger charge is -2.09. The highest BCUT2D eigenvalue weighted by Crippen LogP contribution is 1.99. The van der Waals surface area contributed by atoms with Gasteiger partial charge in [-0.2, -0.15) is 0 Å². The van der Waals surface area contributed by atoms with Crippen molar-refractivity contribution in [2.45, 2.75) is 13.0 Å². The minimum absolute atomic E-state index is 1.04. The van der Waals surface area contributed by atoms with Gasteiger partial charge in [-0.25, -0.2) is 0 Å². The molecule has 0 aromatic heterocycles. The summed E-state index contributed by atoms with van der Waals surface area (Å²) in [6.45, 7) is 1.25. The Morgan fingerprint density at radius 1 is 1.30 bits per heavy atom. The maximum absolute atomic E-state index is 10.1. The maximum Gasteiger partial charge on any atom is 0.321 e. The maximum atomic E-state index is 10.1. The molecule has 0 saturated carbocycles. The van der Waals surface area contributed by atoms with Crippen LogP contribution in [-0.4, -0.2) is 28.2 Å². The van der Waals surface area contributed by atoms with Crippen molar-refractivity contribution in [3.8, 4) is 0 Å². The van der Waals surface area contributed by atoms with E-state index in [1.165, 1.54) is 6.92 Å². The van der Waals surface area contributed by atoms with E-state index in [4.69, 9.17) is 15.9 Å². The van der Waals surface area contributed by atoms with Crippen LogP contribution in [0.15, 0.2) is 0 Å². The standard InChI is InChI=1S/C5H9NO4/c1-2(4(7)8)3(6)5(9)10/h2-3H,6H2,1H3,(H,7,8)(H,9,10)/t2-,3?/m1/s1. The molecule has 1 unspecified atom stereocenters. The lowest BCUT2D eigenvalue weighted by Crippen LogP contribution is -2.40. The number of carboxylic acids is 2. The van der Waals surface area contributed by atoms with Gasteiger partial charge in [-0.3, -0.25) is 9.59 Å². The molecule has 2 atom stereocenters. The minimum atomic E-state index is -1.32. The van der Waals surface area contributed by atoms with E-state index in [1.807, 2.05) is 0 Å². The molecule has 0 radical (unpaired) electrons. The SMILES string of the molecule is C[C@@H](C(=O)O)C(N)C(=O)O. The molecule has 10 heavy (non-hydrogen) atoms. The molecule has 0 aliphatic rings. The molecule has 0 fully saturated rings. The molecule has 58 valence electrons. The topological polar surface area (TPSA) is 101 Å². The molecule has 0 aliphatic heterocycles. The van der Waals surface area contributed by atoms with E-state index < -0.39 is 23.9 Å². The van der Waals surface area contributed by atoms with E-state index in [2.05, 4.69) is 0 Å². The summed E-state index contributed by atoms with van der Waals surface area (Å²) in [4.78, 5) is 20.2. The number of rotatable bonds is 3. The third-order valence-corrected chi connectivity index (χ3v) is 1.21. The quantitative estimate of drug-likeness (QED) is 0.481. The van der Waals surface area contributed by atoms with Gasteiger partial charge in [0.15, 0.2) is 0 Å². The van der Waals surface area contributed by atoms with Gasteiger partial charge in [0.25, 0.3) is 0 Å². The Labute approximate surface area is 57.5 Å². The van der Waals surface area contributed by atoms with Crippen molar-refractivity contribution in [2.24, 2.45) is 11.7 Å². The van der Waals surface area contributed by atoms with E-state index in [1.54, 1.807) is 0 Å². The first-order valence-electron chi connectivity index (χ1n) is 2.68. The predicted octanol–water partition coefficient (Wildman–Crippen LogP) is -0.881. The van der Waals surface area contributed by atoms with Crippen LogP contribution < -0.4 is 5.73 Å². The zero-order valence-corrected chi connectivity index (χ0v) is 5.44. The summed E-state index contributed by atoms with van der Waals surface area (Å²) in [7, 11) is 0. The first-order chi connectivity index (χ1) is 4.46. The van der Waals surface area contributed by atoms with Gasteiger partial charge in [0.1, 0.15) is 6.04 Å². The second-order valence-corrected chi connectivity index (χ2v) is 1.99. The molecule has 0 rings (SSSR count). The Bertz CT molecular complexity index is 138. The molecule has 0 bridgehead atoms. The highest BCUT2D eigenvalue weighted by atomic mass is 16.4. The van der Waals surface area contributed by atoms with Gasteiger partial charge in [0.05, 0.1) is 5.92 Å². The van der Waals surface area contributed by atoms with Crippen LogP contribution in [-0.2, 0) is 9.59 Å². The number of nitrogens with two attached hydrogens (primary N) is 1. The fourth-order valence-corrected chi connectivity index (χ4v) is 0.367. The normalized spacial score (nSPS) is 15.8. The zero-order chi connectivity index (χ0) is 8.31. The van der Waals surface area contributed by atoms with Crippen molar-refractivity contribution in [1.29, 1.82) is 0 Å². The van der Waals surface area contributed by atoms with Gasteiger partial charge in [-0.15, -0.1) is 0 Å². The molecular weight excluding hydrogens is 138 g/mol. The summed E-state index contributed by atoms with van der Waals surface area (Å²) in [6.07, 6.45) is 0. The van der Waals surface area contributed by atoms with Crippen LogP contribution in [0.5, 0.6) is 0 Å². The Kier molecular flexibility index (Phi) is 2.82. The van der Waals surface area contributed by atoms with Crippen LogP contribution in [0.4, 0.5) is 0 Å². The average molecular weight is 147 g/mol. The fourth-order valence-electron chi connectivity index (χ4n) is 0.367. The van der Waals surface area contributed by atoms with Crippen molar-refractivity contribution in [3.05, 3.63) is 0 Å². The lowest BCUT2D eigenvalue weighted by atomic mass is 10.0. The van der Waals surface area contributed by atoms with Crippen LogP contribution in [0.3, 0.4) is 0 Å². The molecular formula is C5H9NO4. The van der Waals surface area contributed by atoms with E-state index in [0.29, 0.717) is 0 Å². The van der Waals surface area contributed by atoms with Crippen LogP contribution >= 0.6 is 0 Å². The highest BCUT2D eigenvalue weighted by molar-refractivity contribution is 5.82. The first-order valence-corrected chi connectivity index (χ1v) is 2.68. The molecule has 0 aliphatic carbocycles. The van der Waals surface area contributed by atoms with E-state index >= 15 is 0 Å². The minimum Gasteiger partial charge on any atom is -0.481 e. The van der Waals surface area contributed by atoms with Crippen LogP contribution in [0.2, 0.25) is 0 Å². The molecule has 0 spiro atoms. The summed E-state index contributed by atoms with van der Waals surface area (Å²) < 4.78 is 0. The van der Waals surface area contributed by atoms with Crippen molar-refractivity contribution < 1.29 is 19.8 Å². The number of carboxylic acid groups (broad SMARTS) is 2. The fraction of sp³-hybridized carbons (Fsp3) is 0.600. The highest BCUT2D eigenvalue weighted by Gasteiger charge is 2.25. The van der Waals surface area contributed by atoms with E-state index in [9.17, 15) is 9.59 Å². The second kappa shape index (κ2) is 3.17. The van der Waals surface area contributed by atoms with Gasteiger partial charge in [0.2, 0.25) is 0 Å². The Balaban J connectivity index is 4.07. The van der Waals surface area contributed by atoms with Crippen LogP contribution in [0.1, 0.15) is 6.92 Å². The van der Waals surface area contributed by atoms with Gasteiger partial charge in [0, 0.05) is 0 Å². The second-order valence-electron chi connectivity index (χ2n) is 1.99. The Hall–Kier alpha value is -1.10. The Morgan fingerprint density at radius 3 is 1.80 bits per heavy atom. The number of carbonyl (C=O) groups is 2. The summed E-state index contributed by atoms with van der Waals surface area (Å²) in [5, 5.41) is 16.5. The summed E-state index contributed by atoms with van der Waals surface area (Å²) in [6, 6.07) is -1.32. The number of hydrogen-bond donors (Lipinski definition) is 3. The average Bonchev–Trinajstić information content (AvgIpc) is 1.84. The number of hydrogen-bond acceptors (Lipinski definition) is 3. The molecule has 5 heteroatoms.